The van der Waals surface area contributed by atoms with Crippen LogP contribution in [0.2, 0.25) is 4.34 Å². The minimum absolute atomic E-state index is 0.191. The fourth-order valence-electron chi connectivity index (χ4n) is 2.64. The second-order valence-electron chi connectivity index (χ2n) is 5.29. The molecule has 0 unspecified atom stereocenters. The highest BCUT2D eigenvalue weighted by Crippen LogP contribution is 2.35. The molecule has 2 rings (SSSR count). The van der Waals surface area contributed by atoms with Crippen molar-refractivity contribution in [2.75, 3.05) is 6.54 Å². The molecule has 0 saturated heterocycles. The van der Waals surface area contributed by atoms with E-state index in [1.54, 1.807) is 12.1 Å². The van der Waals surface area contributed by atoms with Gasteiger partial charge in [0, 0.05) is 6.54 Å². The zero-order chi connectivity index (χ0) is 14.6. The lowest BCUT2D eigenvalue weighted by atomic mass is 9.80. The average molecular weight is 316 g/mol. The van der Waals surface area contributed by atoms with Crippen LogP contribution in [-0.2, 0) is 4.79 Å². The molecule has 1 fully saturated rings. The van der Waals surface area contributed by atoms with Crippen molar-refractivity contribution in [3.05, 3.63) is 21.3 Å². The lowest BCUT2D eigenvalue weighted by molar-refractivity contribution is -0.149. The maximum Gasteiger partial charge on any atom is 0.311 e. The Morgan fingerprint density at radius 3 is 2.40 bits per heavy atom. The second-order valence-corrected chi connectivity index (χ2v) is 7.00. The summed E-state index contributed by atoms with van der Waals surface area (Å²) in [6.45, 7) is 0.191. The van der Waals surface area contributed by atoms with Crippen LogP contribution >= 0.6 is 22.9 Å². The largest absolute Gasteiger partial charge is 0.481 e. The number of halogens is 1. The van der Waals surface area contributed by atoms with E-state index in [4.69, 9.17) is 11.6 Å². The number of carbonyl (C=O) groups excluding carboxylic acids is 1. The lowest BCUT2D eigenvalue weighted by Gasteiger charge is -2.28. The molecule has 2 N–H and O–H groups in total. The lowest BCUT2D eigenvalue weighted by Crippen LogP contribution is -2.42. The zero-order valence-corrected chi connectivity index (χ0v) is 12.7. The molecule has 0 radical (unpaired) electrons. The van der Waals surface area contributed by atoms with Gasteiger partial charge in [0.05, 0.1) is 14.6 Å². The van der Waals surface area contributed by atoms with E-state index in [-0.39, 0.29) is 12.5 Å². The molecule has 110 valence electrons. The highest BCUT2D eigenvalue weighted by molar-refractivity contribution is 7.17. The van der Waals surface area contributed by atoms with Crippen LogP contribution in [0.1, 0.15) is 48.2 Å². The molecule has 1 aliphatic rings. The number of carbonyl (C=O) groups is 2. The Morgan fingerprint density at radius 1 is 1.25 bits per heavy atom. The van der Waals surface area contributed by atoms with Crippen molar-refractivity contribution in [2.24, 2.45) is 5.41 Å². The van der Waals surface area contributed by atoms with Gasteiger partial charge in [0.1, 0.15) is 0 Å². The van der Waals surface area contributed by atoms with Crippen molar-refractivity contribution in [2.45, 2.75) is 38.5 Å². The summed E-state index contributed by atoms with van der Waals surface area (Å²) in [6.07, 6.45) is 5.23. The number of aliphatic carboxylic acids is 1. The quantitative estimate of drug-likeness (QED) is 0.835. The van der Waals surface area contributed by atoms with Crippen LogP contribution in [0.3, 0.4) is 0 Å². The van der Waals surface area contributed by atoms with E-state index in [1.165, 1.54) is 11.3 Å². The van der Waals surface area contributed by atoms with Crippen LogP contribution in [0, 0.1) is 5.41 Å². The Labute approximate surface area is 127 Å². The maximum atomic E-state index is 12.0. The normalized spacial score (nSPS) is 18.2. The van der Waals surface area contributed by atoms with E-state index < -0.39 is 11.4 Å². The predicted octanol–water partition coefficient (Wildman–Crippen LogP) is 3.56. The van der Waals surface area contributed by atoms with Crippen LogP contribution in [0.15, 0.2) is 12.1 Å². The Morgan fingerprint density at radius 2 is 1.90 bits per heavy atom. The van der Waals surface area contributed by atoms with Crippen molar-refractivity contribution >= 4 is 34.8 Å². The molecule has 1 aromatic rings. The second kappa shape index (κ2) is 6.59. The molecule has 0 spiro atoms. The Bertz CT molecular complexity index is 492. The number of amides is 1. The Hall–Kier alpha value is -1.07. The molecule has 1 heterocycles. The van der Waals surface area contributed by atoms with E-state index >= 15 is 0 Å². The van der Waals surface area contributed by atoms with E-state index in [2.05, 4.69) is 5.32 Å². The summed E-state index contributed by atoms with van der Waals surface area (Å²) in [5, 5.41) is 12.3. The molecular formula is C14H18ClNO3S. The van der Waals surface area contributed by atoms with E-state index in [0.29, 0.717) is 22.1 Å². The van der Waals surface area contributed by atoms with E-state index in [9.17, 15) is 14.7 Å². The summed E-state index contributed by atoms with van der Waals surface area (Å²) < 4.78 is 0.553. The van der Waals surface area contributed by atoms with Crippen LogP contribution in [0.5, 0.6) is 0 Å². The third-order valence-electron chi connectivity index (χ3n) is 3.90. The summed E-state index contributed by atoms with van der Waals surface area (Å²) in [7, 11) is 0. The first kappa shape index (κ1) is 15.3. The maximum absolute atomic E-state index is 12.0. The summed E-state index contributed by atoms with van der Waals surface area (Å²) >= 11 is 7.00. The number of hydrogen-bond acceptors (Lipinski definition) is 3. The van der Waals surface area contributed by atoms with Gasteiger partial charge in [-0.25, -0.2) is 0 Å². The standard InChI is InChI=1S/C14H18ClNO3S/c15-11-6-5-10(20-11)12(17)16-9-14(13(18)19)7-3-1-2-4-8-14/h5-6H,1-4,7-9H2,(H,16,17)(H,18,19). The number of nitrogens with one attached hydrogen (secondary N) is 1. The Balaban J connectivity index is 2.01. The summed E-state index contributed by atoms with van der Waals surface area (Å²) in [5.41, 5.74) is -0.812. The molecule has 1 aromatic heterocycles. The molecule has 1 amide bonds. The molecule has 0 aromatic carbocycles. The smallest absolute Gasteiger partial charge is 0.311 e. The monoisotopic (exact) mass is 315 g/mol. The number of carboxylic acids is 1. The number of hydrogen-bond donors (Lipinski definition) is 2. The van der Waals surface area contributed by atoms with Gasteiger partial charge in [-0.15, -0.1) is 11.3 Å². The van der Waals surface area contributed by atoms with Gasteiger partial charge < -0.3 is 10.4 Å². The number of carboxylic acid groups (broad SMARTS) is 1. The van der Waals surface area contributed by atoms with Gasteiger partial charge in [0.25, 0.3) is 5.91 Å². The SMILES string of the molecule is O=C(NCC1(C(=O)O)CCCCCC1)c1ccc(Cl)s1. The highest BCUT2D eigenvalue weighted by atomic mass is 35.5. The molecule has 20 heavy (non-hydrogen) atoms. The molecule has 0 bridgehead atoms. The van der Waals surface area contributed by atoms with Crippen LogP contribution in [0.4, 0.5) is 0 Å². The molecule has 1 aliphatic carbocycles. The first-order valence-corrected chi connectivity index (χ1v) is 8.00. The Kier molecular flexibility index (Phi) is 5.05. The molecule has 0 aliphatic heterocycles. The van der Waals surface area contributed by atoms with Gasteiger partial charge in [-0.1, -0.05) is 37.3 Å². The van der Waals surface area contributed by atoms with Gasteiger partial charge in [-0.05, 0) is 25.0 Å². The molecule has 1 saturated carbocycles. The minimum Gasteiger partial charge on any atom is -0.481 e. The van der Waals surface area contributed by atoms with Crippen molar-refractivity contribution < 1.29 is 14.7 Å². The average Bonchev–Trinajstić information content (AvgIpc) is 2.71. The van der Waals surface area contributed by atoms with Crippen LogP contribution in [-0.4, -0.2) is 23.5 Å². The summed E-state index contributed by atoms with van der Waals surface area (Å²) in [6, 6.07) is 3.32. The fourth-order valence-corrected chi connectivity index (χ4v) is 3.60. The first-order chi connectivity index (χ1) is 9.53. The van der Waals surface area contributed by atoms with Crippen molar-refractivity contribution in [1.29, 1.82) is 0 Å². The van der Waals surface area contributed by atoms with Gasteiger partial charge in [0.15, 0.2) is 0 Å². The zero-order valence-electron chi connectivity index (χ0n) is 11.2. The van der Waals surface area contributed by atoms with Gasteiger partial charge >= 0.3 is 5.97 Å². The molecule has 0 atom stereocenters. The summed E-state index contributed by atoms with van der Waals surface area (Å²) in [5.74, 6) is -1.05. The fraction of sp³-hybridized carbons (Fsp3) is 0.571. The van der Waals surface area contributed by atoms with Gasteiger partial charge in [0.2, 0.25) is 0 Å². The van der Waals surface area contributed by atoms with Crippen molar-refractivity contribution in [3.8, 4) is 0 Å². The third kappa shape index (κ3) is 3.52. The summed E-state index contributed by atoms with van der Waals surface area (Å²) in [4.78, 5) is 24.1. The van der Waals surface area contributed by atoms with Gasteiger partial charge in [-0.3, -0.25) is 9.59 Å². The molecular weight excluding hydrogens is 298 g/mol. The van der Waals surface area contributed by atoms with E-state index in [1.807, 2.05) is 0 Å². The third-order valence-corrected chi connectivity index (χ3v) is 5.13. The number of thiophene rings is 1. The minimum atomic E-state index is -0.812. The molecule has 4 nitrogen and oxygen atoms in total. The van der Waals surface area contributed by atoms with Crippen LogP contribution in [0.25, 0.3) is 0 Å². The van der Waals surface area contributed by atoms with Gasteiger partial charge in [-0.2, -0.15) is 0 Å². The van der Waals surface area contributed by atoms with Crippen molar-refractivity contribution in [1.82, 2.24) is 5.32 Å². The topological polar surface area (TPSA) is 66.4 Å². The van der Waals surface area contributed by atoms with Crippen molar-refractivity contribution in [3.63, 3.8) is 0 Å². The van der Waals surface area contributed by atoms with Crippen LogP contribution < -0.4 is 5.32 Å². The molecule has 6 heteroatoms. The predicted molar refractivity (Wildman–Crippen MR) is 79.4 cm³/mol. The van der Waals surface area contributed by atoms with E-state index in [0.717, 1.165) is 25.7 Å². The number of rotatable bonds is 4. The highest BCUT2D eigenvalue weighted by Gasteiger charge is 2.38. The first-order valence-electron chi connectivity index (χ1n) is 6.80.